The summed E-state index contributed by atoms with van der Waals surface area (Å²) in [6, 6.07) is 21.0. The third-order valence-corrected chi connectivity index (χ3v) is 5.94. The molecule has 1 aliphatic rings. The molecular weight excluding hydrogens is 404 g/mol. The van der Waals surface area contributed by atoms with E-state index in [2.05, 4.69) is 0 Å². The van der Waals surface area contributed by atoms with E-state index < -0.39 is 0 Å². The second-order valence-corrected chi connectivity index (χ2v) is 7.85. The highest BCUT2D eigenvalue weighted by molar-refractivity contribution is 5.95. The van der Waals surface area contributed by atoms with Gasteiger partial charge < -0.3 is 18.8 Å². The fraction of sp³-hybridized carbons (Fsp3) is 0.231. The lowest BCUT2D eigenvalue weighted by Crippen LogP contribution is -2.30. The van der Waals surface area contributed by atoms with E-state index in [1.807, 2.05) is 65.6 Å². The number of carbonyl (C=O) groups is 1. The molecule has 0 bridgehead atoms. The van der Waals surface area contributed by atoms with E-state index in [1.54, 1.807) is 20.3 Å². The van der Waals surface area contributed by atoms with Crippen molar-refractivity contribution < 1.29 is 18.7 Å². The molecule has 1 aromatic heterocycles. The summed E-state index contributed by atoms with van der Waals surface area (Å²) in [4.78, 5) is 19.8. The number of aromatic nitrogens is 1. The molecule has 6 heteroatoms. The Bertz CT molecular complexity index is 1260. The van der Waals surface area contributed by atoms with Crippen molar-refractivity contribution in [3.05, 3.63) is 78.2 Å². The summed E-state index contributed by atoms with van der Waals surface area (Å²) < 4.78 is 16.6. The van der Waals surface area contributed by atoms with Crippen molar-refractivity contribution in [1.82, 2.24) is 9.88 Å². The molecule has 0 saturated carbocycles. The van der Waals surface area contributed by atoms with Gasteiger partial charge in [-0.15, -0.1) is 0 Å². The number of fused-ring (bicyclic) bond motifs is 1. The molecule has 1 atom stereocenters. The molecule has 0 aliphatic carbocycles. The Balaban J connectivity index is 1.43. The average Bonchev–Trinajstić information content (AvgIpc) is 3.50. The summed E-state index contributed by atoms with van der Waals surface area (Å²) in [5.41, 5.74) is 4.24. The number of rotatable bonds is 5. The third kappa shape index (κ3) is 3.68. The number of nitrogens with zero attached hydrogens (tertiary/aromatic N) is 2. The van der Waals surface area contributed by atoms with Crippen LogP contribution in [0.2, 0.25) is 0 Å². The largest absolute Gasteiger partial charge is 0.497 e. The lowest BCUT2D eigenvalue weighted by atomic mass is 10.1. The predicted octanol–water partition coefficient (Wildman–Crippen LogP) is 5.49. The van der Waals surface area contributed by atoms with Gasteiger partial charge in [0, 0.05) is 12.1 Å². The zero-order valence-electron chi connectivity index (χ0n) is 18.1. The molecule has 3 aromatic carbocycles. The summed E-state index contributed by atoms with van der Waals surface area (Å²) in [6.45, 7) is 0.677. The van der Waals surface area contributed by atoms with Gasteiger partial charge in [0.05, 0.1) is 14.2 Å². The summed E-state index contributed by atoms with van der Waals surface area (Å²) in [5, 5.41) is 0. The number of oxazole rings is 1. The molecule has 1 saturated heterocycles. The van der Waals surface area contributed by atoms with E-state index in [9.17, 15) is 4.79 Å². The summed E-state index contributed by atoms with van der Waals surface area (Å²) in [7, 11) is 3.25. The SMILES string of the molecule is COc1ccc(-c2ccc3oc([C@H]4CCCN4C(=O)c4cccc(OC)c4)nc3c2)cc1. The number of hydrogen-bond acceptors (Lipinski definition) is 5. The first-order valence-electron chi connectivity index (χ1n) is 10.7. The van der Waals surface area contributed by atoms with Crippen LogP contribution in [0, 0.1) is 0 Å². The number of carbonyl (C=O) groups excluding carboxylic acids is 1. The van der Waals surface area contributed by atoms with Gasteiger partial charge >= 0.3 is 0 Å². The fourth-order valence-corrected chi connectivity index (χ4v) is 4.24. The normalized spacial score (nSPS) is 15.8. The van der Waals surface area contributed by atoms with Gasteiger partial charge in [-0.25, -0.2) is 4.98 Å². The molecule has 0 unspecified atom stereocenters. The maximum atomic E-state index is 13.2. The summed E-state index contributed by atoms with van der Waals surface area (Å²) >= 11 is 0. The van der Waals surface area contributed by atoms with Crippen LogP contribution >= 0.6 is 0 Å². The summed E-state index contributed by atoms with van der Waals surface area (Å²) in [5.74, 6) is 2.04. The van der Waals surface area contributed by atoms with Crippen molar-refractivity contribution in [2.75, 3.05) is 20.8 Å². The molecule has 1 aliphatic heterocycles. The molecule has 0 radical (unpaired) electrons. The van der Waals surface area contributed by atoms with Crippen LogP contribution < -0.4 is 9.47 Å². The van der Waals surface area contributed by atoms with E-state index in [0.717, 1.165) is 40.8 Å². The first-order chi connectivity index (χ1) is 15.7. The molecule has 1 amide bonds. The molecule has 2 heterocycles. The Morgan fingerprint density at radius 1 is 0.969 bits per heavy atom. The molecule has 5 rings (SSSR count). The van der Waals surface area contributed by atoms with Crippen LogP contribution in [0.4, 0.5) is 0 Å². The van der Waals surface area contributed by atoms with Gasteiger partial charge in [0.2, 0.25) is 5.89 Å². The summed E-state index contributed by atoms with van der Waals surface area (Å²) in [6.07, 6.45) is 1.74. The Labute approximate surface area is 186 Å². The van der Waals surface area contributed by atoms with Gasteiger partial charge in [-0.3, -0.25) is 4.79 Å². The van der Waals surface area contributed by atoms with Gasteiger partial charge in [0.1, 0.15) is 23.1 Å². The van der Waals surface area contributed by atoms with Crippen molar-refractivity contribution in [2.45, 2.75) is 18.9 Å². The van der Waals surface area contributed by atoms with Crippen LogP contribution in [0.5, 0.6) is 11.5 Å². The van der Waals surface area contributed by atoms with Gasteiger partial charge in [-0.1, -0.05) is 24.3 Å². The van der Waals surface area contributed by atoms with E-state index in [-0.39, 0.29) is 11.9 Å². The maximum Gasteiger partial charge on any atom is 0.254 e. The first kappa shape index (κ1) is 20.1. The molecule has 1 fully saturated rings. The van der Waals surface area contributed by atoms with E-state index in [0.29, 0.717) is 23.7 Å². The van der Waals surface area contributed by atoms with Crippen LogP contribution in [0.1, 0.15) is 35.1 Å². The molecular formula is C26H24N2O4. The number of hydrogen-bond donors (Lipinski definition) is 0. The lowest BCUT2D eigenvalue weighted by molar-refractivity contribution is 0.0716. The highest BCUT2D eigenvalue weighted by Gasteiger charge is 2.34. The van der Waals surface area contributed by atoms with E-state index >= 15 is 0 Å². The van der Waals surface area contributed by atoms with Crippen LogP contribution in [0.25, 0.3) is 22.2 Å². The van der Waals surface area contributed by atoms with Crippen molar-refractivity contribution in [1.29, 1.82) is 0 Å². The first-order valence-corrected chi connectivity index (χ1v) is 10.7. The zero-order chi connectivity index (χ0) is 22.1. The second-order valence-electron chi connectivity index (χ2n) is 7.85. The van der Waals surface area contributed by atoms with Gasteiger partial charge in [-0.2, -0.15) is 0 Å². The molecule has 32 heavy (non-hydrogen) atoms. The Hall–Kier alpha value is -3.80. The van der Waals surface area contributed by atoms with Crippen LogP contribution in [-0.2, 0) is 0 Å². The molecule has 4 aromatic rings. The minimum Gasteiger partial charge on any atom is -0.497 e. The lowest BCUT2D eigenvalue weighted by Gasteiger charge is -2.22. The van der Waals surface area contributed by atoms with Crippen molar-refractivity contribution >= 4 is 17.0 Å². The minimum absolute atomic E-state index is 0.0347. The second kappa shape index (κ2) is 8.38. The van der Waals surface area contributed by atoms with Gasteiger partial charge in [0.25, 0.3) is 5.91 Å². The highest BCUT2D eigenvalue weighted by Crippen LogP contribution is 2.35. The monoisotopic (exact) mass is 428 g/mol. The molecule has 162 valence electrons. The third-order valence-electron chi connectivity index (χ3n) is 5.94. The predicted molar refractivity (Wildman–Crippen MR) is 122 cm³/mol. The number of methoxy groups -OCH3 is 2. The van der Waals surface area contributed by atoms with Crippen molar-refractivity contribution in [2.24, 2.45) is 0 Å². The van der Waals surface area contributed by atoms with Gasteiger partial charge in [0.15, 0.2) is 5.58 Å². The zero-order valence-corrected chi connectivity index (χ0v) is 18.1. The van der Waals surface area contributed by atoms with E-state index in [1.165, 1.54) is 0 Å². The van der Waals surface area contributed by atoms with Crippen LogP contribution in [-0.4, -0.2) is 36.6 Å². The van der Waals surface area contributed by atoms with Gasteiger partial charge in [-0.05, 0) is 66.4 Å². The standard InChI is InChI=1S/C26H24N2O4/c1-30-20-11-8-17(9-12-20)18-10-13-24-22(16-18)27-25(32-24)23-7-4-14-28(23)26(29)19-5-3-6-21(15-19)31-2/h3,5-6,8-13,15-16,23H,4,7,14H2,1-2H3/t23-/m1/s1. The van der Waals surface area contributed by atoms with Crippen LogP contribution in [0.3, 0.4) is 0 Å². The van der Waals surface area contributed by atoms with Crippen molar-refractivity contribution in [3.63, 3.8) is 0 Å². The highest BCUT2D eigenvalue weighted by atomic mass is 16.5. The maximum absolute atomic E-state index is 13.2. The fourth-order valence-electron chi connectivity index (χ4n) is 4.24. The number of benzene rings is 3. The van der Waals surface area contributed by atoms with Crippen molar-refractivity contribution in [3.8, 4) is 22.6 Å². The quantitative estimate of drug-likeness (QED) is 0.421. The number of likely N-dealkylation sites (tertiary alicyclic amines) is 1. The van der Waals surface area contributed by atoms with E-state index in [4.69, 9.17) is 18.9 Å². The number of amides is 1. The Kier molecular flexibility index (Phi) is 5.27. The molecule has 6 nitrogen and oxygen atoms in total. The number of ether oxygens (including phenoxy) is 2. The smallest absolute Gasteiger partial charge is 0.254 e. The molecule has 0 N–H and O–H groups in total. The molecule has 0 spiro atoms. The Morgan fingerprint density at radius 2 is 1.75 bits per heavy atom. The minimum atomic E-state index is -0.175. The average molecular weight is 428 g/mol. The van der Waals surface area contributed by atoms with Crippen LogP contribution in [0.15, 0.2) is 71.1 Å². The topological polar surface area (TPSA) is 64.8 Å². The Morgan fingerprint density at radius 3 is 2.53 bits per heavy atom.